The van der Waals surface area contributed by atoms with Gasteiger partial charge in [0.25, 0.3) is 0 Å². The van der Waals surface area contributed by atoms with E-state index >= 15 is 0 Å². The summed E-state index contributed by atoms with van der Waals surface area (Å²) in [6, 6.07) is 0. The lowest BCUT2D eigenvalue weighted by atomic mass is 10.3. The van der Waals surface area contributed by atoms with Crippen LogP contribution in [0.5, 0.6) is 0 Å². The van der Waals surface area contributed by atoms with Crippen LogP contribution in [-0.2, 0) is 6.42 Å². The van der Waals surface area contributed by atoms with Crippen LogP contribution in [0.4, 0.5) is 0 Å². The van der Waals surface area contributed by atoms with Crippen molar-refractivity contribution in [3.05, 3.63) is 22.7 Å². The minimum absolute atomic E-state index is 0.418. The molecule has 1 aromatic rings. The van der Waals surface area contributed by atoms with E-state index in [0.29, 0.717) is 10.8 Å². The monoisotopic (exact) mass is 186 g/mol. The Bertz CT molecular complexity index is 276. The second-order valence-electron chi connectivity index (χ2n) is 2.56. The molecule has 0 amide bonds. The van der Waals surface area contributed by atoms with Gasteiger partial charge in [-0.05, 0) is 13.3 Å². The maximum absolute atomic E-state index is 9.19. The van der Waals surface area contributed by atoms with Gasteiger partial charge in [-0.2, -0.15) is 0 Å². The fourth-order valence-corrected chi connectivity index (χ4v) is 1.08. The molecule has 0 aliphatic rings. The molecule has 0 saturated heterocycles. The van der Waals surface area contributed by atoms with Gasteiger partial charge in [-0.1, -0.05) is 18.5 Å². The third kappa shape index (κ3) is 1.93. The first-order valence-corrected chi connectivity index (χ1v) is 4.22. The van der Waals surface area contributed by atoms with Gasteiger partial charge in [0, 0.05) is 0 Å². The molecule has 0 spiro atoms. The topological polar surface area (TPSA) is 46.0 Å². The van der Waals surface area contributed by atoms with E-state index in [0.717, 1.165) is 12.1 Å². The smallest absolute Gasteiger partial charge is 0.150 e. The molecule has 1 unspecified atom stereocenters. The van der Waals surface area contributed by atoms with Crippen LogP contribution in [0.25, 0.3) is 0 Å². The summed E-state index contributed by atoms with van der Waals surface area (Å²) in [6.07, 6.45) is 1.64. The molecule has 1 heterocycles. The molecule has 1 atom stereocenters. The Labute approximate surface area is 76.4 Å². The van der Waals surface area contributed by atoms with Crippen LogP contribution < -0.4 is 0 Å². The van der Waals surface area contributed by atoms with E-state index < -0.39 is 6.10 Å². The molecule has 0 aliphatic carbocycles. The van der Waals surface area contributed by atoms with Gasteiger partial charge in [0.05, 0.1) is 23.7 Å². The van der Waals surface area contributed by atoms with Crippen LogP contribution in [0.1, 0.15) is 31.3 Å². The van der Waals surface area contributed by atoms with Crippen LogP contribution in [0.2, 0.25) is 5.15 Å². The van der Waals surface area contributed by atoms with E-state index in [1.54, 1.807) is 6.92 Å². The predicted molar refractivity (Wildman–Crippen MR) is 47.1 cm³/mol. The molecule has 1 rings (SSSR count). The molecule has 0 saturated carbocycles. The quantitative estimate of drug-likeness (QED) is 0.766. The van der Waals surface area contributed by atoms with Gasteiger partial charge in [0.2, 0.25) is 0 Å². The Morgan fingerprint density at radius 1 is 1.67 bits per heavy atom. The number of aromatic nitrogens is 2. The van der Waals surface area contributed by atoms with Gasteiger partial charge in [-0.15, -0.1) is 0 Å². The van der Waals surface area contributed by atoms with E-state index in [-0.39, 0.29) is 0 Å². The number of aliphatic hydroxyl groups excluding tert-OH is 1. The molecule has 0 radical (unpaired) electrons. The lowest BCUT2D eigenvalue weighted by Gasteiger charge is -2.05. The second kappa shape index (κ2) is 3.83. The van der Waals surface area contributed by atoms with Crippen molar-refractivity contribution in [1.82, 2.24) is 9.97 Å². The van der Waals surface area contributed by atoms with Crippen LogP contribution in [-0.4, -0.2) is 15.1 Å². The summed E-state index contributed by atoms with van der Waals surface area (Å²) in [7, 11) is 0. The number of nitrogens with zero attached hydrogens (tertiary/aromatic N) is 2. The minimum atomic E-state index is -0.583. The van der Waals surface area contributed by atoms with Gasteiger partial charge in [0.1, 0.15) is 5.15 Å². The summed E-state index contributed by atoms with van der Waals surface area (Å²) in [5.41, 5.74) is 1.30. The fraction of sp³-hybridized carbons (Fsp3) is 0.500. The van der Waals surface area contributed by atoms with Gasteiger partial charge in [0.15, 0.2) is 0 Å². The van der Waals surface area contributed by atoms with Gasteiger partial charge >= 0.3 is 0 Å². The number of aliphatic hydroxyl groups is 1. The van der Waals surface area contributed by atoms with Crippen molar-refractivity contribution in [1.29, 1.82) is 0 Å². The first-order chi connectivity index (χ1) is 5.65. The Balaban J connectivity index is 3.05. The largest absolute Gasteiger partial charge is 0.387 e. The molecular weight excluding hydrogens is 176 g/mol. The van der Waals surface area contributed by atoms with E-state index in [1.165, 1.54) is 6.20 Å². The normalized spacial score (nSPS) is 13.0. The van der Waals surface area contributed by atoms with Gasteiger partial charge in [-0.3, -0.25) is 4.98 Å². The Kier molecular flexibility index (Phi) is 3.00. The van der Waals surface area contributed by atoms with E-state index in [2.05, 4.69) is 9.97 Å². The molecule has 0 aromatic carbocycles. The van der Waals surface area contributed by atoms with Crippen LogP contribution >= 0.6 is 11.6 Å². The van der Waals surface area contributed by atoms with Crippen molar-refractivity contribution in [2.24, 2.45) is 0 Å². The second-order valence-corrected chi connectivity index (χ2v) is 2.92. The Morgan fingerprint density at radius 2 is 2.33 bits per heavy atom. The van der Waals surface area contributed by atoms with E-state index in [1.807, 2.05) is 6.92 Å². The number of hydrogen-bond acceptors (Lipinski definition) is 3. The number of hydrogen-bond donors (Lipinski definition) is 1. The number of halogens is 1. The average Bonchev–Trinajstić information content (AvgIpc) is 2.05. The van der Waals surface area contributed by atoms with E-state index in [4.69, 9.17) is 11.6 Å². The van der Waals surface area contributed by atoms with Crippen LogP contribution in [0, 0.1) is 0 Å². The third-order valence-electron chi connectivity index (χ3n) is 1.58. The summed E-state index contributed by atoms with van der Waals surface area (Å²) < 4.78 is 0. The Hall–Kier alpha value is -0.670. The van der Waals surface area contributed by atoms with Crippen LogP contribution in [0.3, 0.4) is 0 Å². The van der Waals surface area contributed by atoms with Gasteiger partial charge in [-0.25, -0.2) is 4.98 Å². The first kappa shape index (κ1) is 9.42. The van der Waals surface area contributed by atoms with Crippen molar-refractivity contribution in [3.63, 3.8) is 0 Å². The maximum atomic E-state index is 9.19. The lowest BCUT2D eigenvalue weighted by Crippen LogP contribution is -2.01. The van der Waals surface area contributed by atoms with Crippen molar-refractivity contribution in [3.8, 4) is 0 Å². The molecule has 4 heteroatoms. The summed E-state index contributed by atoms with van der Waals surface area (Å²) in [5.74, 6) is 0. The fourth-order valence-electron chi connectivity index (χ4n) is 0.854. The Morgan fingerprint density at radius 3 is 2.83 bits per heavy atom. The lowest BCUT2D eigenvalue weighted by molar-refractivity contribution is 0.193. The highest BCUT2D eigenvalue weighted by Crippen LogP contribution is 2.14. The van der Waals surface area contributed by atoms with E-state index in [9.17, 15) is 5.11 Å². The third-order valence-corrected chi connectivity index (χ3v) is 1.89. The zero-order valence-corrected chi connectivity index (χ0v) is 7.84. The summed E-state index contributed by atoms with van der Waals surface area (Å²) in [5, 5.41) is 9.61. The van der Waals surface area contributed by atoms with Crippen molar-refractivity contribution in [2.45, 2.75) is 26.4 Å². The highest BCUT2D eigenvalue weighted by atomic mass is 35.5. The van der Waals surface area contributed by atoms with Crippen molar-refractivity contribution >= 4 is 11.6 Å². The molecule has 0 aliphatic heterocycles. The SMILES string of the molecule is CCc1nc(C(C)O)cnc1Cl. The molecule has 1 aromatic heterocycles. The first-order valence-electron chi connectivity index (χ1n) is 3.84. The average molecular weight is 187 g/mol. The summed E-state index contributed by atoms with van der Waals surface area (Å²) in [4.78, 5) is 8.06. The number of aryl methyl sites for hydroxylation is 1. The van der Waals surface area contributed by atoms with Crippen LogP contribution in [0.15, 0.2) is 6.20 Å². The zero-order valence-electron chi connectivity index (χ0n) is 7.08. The van der Waals surface area contributed by atoms with Crippen molar-refractivity contribution in [2.75, 3.05) is 0 Å². The van der Waals surface area contributed by atoms with Crippen molar-refractivity contribution < 1.29 is 5.11 Å². The number of rotatable bonds is 2. The standard InChI is InChI=1S/C8H11ClN2O/c1-3-6-8(9)10-4-7(11-6)5(2)12/h4-5,12H,3H2,1-2H3. The predicted octanol–water partition coefficient (Wildman–Crippen LogP) is 1.75. The maximum Gasteiger partial charge on any atom is 0.150 e. The molecule has 1 N–H and O–H groups in total. The zero-order chi connectivity index (χ0) is 9.14. The van der Waals surface area contributed by atoms with Gasteiger partial charge < -0.3 is 5.11 Å². The summed E-state index contributed by atoms with van der Waals surface area (Å²) in [6.45, 7) is 3.60. The molecular formula is C8H11ClN2O. The molecule has 12 heavy (non-hydrogen) atoms. The highest BCUT2D eigenvalue weighted by Gasteiger charge is 2.06. The highest BCUT2D eigenvalue weighted by molar-refractivity contribution is 6.29. The molecule has 66 valence electrons. The minimum Gasteiger partial charge on any atom is -0.387 e. The molecule has 0 bridgehead atoms. The summed E-state index contributed by atoms with van der Waals surface area (Å²) >= 11 is 5.75. The molecule has 0 fully saturated rings. The molecule has 3 nitrogen and oxygen atoms in total.